The van der Waals surface area contributed by atoms with E-state index in [0.717, 1.165) is 16.7 Å². The Labute approximate surface area is 146 Å². The second-order valence-corrected chi connectivity index (χ2v) is 6.53. The van der Waals surface area contributed by atoms with Gasteiger partial charge in [0.15, 0.2) is 0 Å². The molecule has 0 unspecified atom stereocenters. The van der Waals surface area contributed by atoms with Crippen molar-refractivity contribution in [3.63, 3.8) is 0 Å². The summed E-state index contributed by atoms with van der Waals surface area (Å²) in [4.78, 5) is 25.8. The minimum absolute atomic E-state index is 0.0373. The van der Waals surface area contributed by atoms with E-state index in [1.165, 1.54) is 48.5 Å². The van der Waals surface area contributed by atoms with E-state index in [1.807, 2.05) is 0 Å². The van der Waals surface area contributed by atoms with Crippen molar-refractivity contribution >= 4 is 40.6 Å². The summed E-state index contributed by atoms with van der Waals surface area (Å²) in [6, 6.07) is 10.0. The lowest BCUT2D eigenvalue weighted by Gasteiger charge is -2.12. The van der Waals surface area contributed by atoms with Crippen molar-refractivity contribution in [2.45, 2.75) is 6.54 Å². The van der Waals surface area contributed by atoms with Crippen molar-refractivity contribution in [3.8, 4) is 5.75 Å². The first-order chi connectivity index (χ1) is 11.4. The average molecular weight is 364 g/mol. The highest BCUT2D eigenvalue weighted by Crippen LogP contribution is 2.35. The van der Waals surface area contributed by atoms with Crippen LogP contribution in [0.5, 0.6) is 5.75 Å². The van der Waals surface area contributed by atoms with Gasteiger partial charge in [-0.3, -0.25) is 14.5 Å². The van der Waals surface area contributed by atoms with Crippen molar-refractivity contribution in [2.75, 3.05) is 0 Å². The van der Waals surface area contributed by atoms with E-state index in [4.69, 9.17) is 11.6 Å². The molecule has 0 aliphatic carbocycles. The van der Waals surface area contributed by atoms with Crippen LogP contribution in [0, 0.1) is 5.82 Å². The molecule has 1 fully saturated rings. The molecule has 122 valence electrons. The zero-order valence-corrected chi connectivity index (χ0v) is 13.8. The highest BCUT2D eigenvalue weighted by molar-refractivity contribution is 8.18. The molecule has 0 aromatic heterocycles. The molecule has 2 aromatic carbocycles. The van der Waals surface area contributed by atoms with Gasteiger partial charge < -0.3 is 5.11 Å². The molecule has 3 rings (SSSR count). The summed E-state index contributed by atoms with van der Waals surface area (Å²) in [6.07, 6.45) is 1.43. The molecule has 0 atom stereocenters. The molecule has 1 aliphatic heterocycles. The first kappa shape index (κ1) is 16.5. The molecular weight excluding hydrogens is 353 g/mol. The van der Waals surface area contributed by atoms with Crippen LogP contribution < -0.4 is 0 Å². The molecule has 0 bridgehead atoms. The SMILES string of the molecule is O=C1SC(=Cc2cc(Cl)ccc2O)C(=O)N1Cc1ccc(F)cc1. The summed E-state index contributed by atoms with van der Waals surface area (Å²) in [5, 5.41) is 9.80. The van der Waals surface area contributed by atoms with E-state index >= 15 is 0 Å². The number of phenolic OH excluding ortho intramolecular Hbond substituents is 1. The van der Waals surface area contributed by atoms with Crippen LogP contribution >= 0.6 is 23.4 Å². The lowest BCUT2D eigenvalue weighted by molar-refractivity contribution is -0.123. The molecule has 1 N–H and O–H groups in total. The molecule has 1 saturated heterocycles. The number of halogens is 2. The quantitative estimate of drug-likeness (QED) is 0.820. The van der Waals surface area contributed by atoms with Crippen LogP contribution in [-0.4, -0.2) is 21.2 Å². The lowest BCUT2D eigenvalue weighted by Crippen LogP contribution is -2.27. The number of nitrogens with zero attached hydrogens (tertiary/aromatic N) is 1. The Hall–Kier alpha value is -2.31. The van der Waals surface area contributed by atoms with E-state index in [1.54, 1.807) is 0 Å². The molecular formula is C17H11ClFNO3S. The molecule has 1 heterocycles. The van der Waals surface area contributed by atoms with Gasteiger partial charge in [0, 0.05) is 10.6 Å². The molecule has 2 aromatic rings. The molecule has 7 heteroatoms. The standard InChI is InChI=1S/C17H11ClFNO3S/c18-12-3-6-14(21)11(7-12)8-15-16(22)20(17(23)24-15)9-10-1-4-13(19)5-2-10/h1-8,21H,9H2. The molecule has 0 radical (unpaired) electrons. The van der Waals surface area contributed by atoms with Crippen LogP contribution in [0.2, 0.25) is 5.02 Å². The topological polar surface area (TPSA) is 57.6 Å². The monoisotopic (exact) mass is 363 g/mol. The maximum Gasteiger partial charge on any atom is 0.293 e. The fourth-order valence-corrected chi connectivity index (χ4v) is 3.20. The normalized spacial score (nSPS) is 16.2. The number of carbonyl (C=O) groups excluding carboxylic acids is 2. The number of hydrogen-bond donors (Lipinski definition) is 1. The number of imide groups is 1. The van der Waals surface area contributed by atoms with Crippen LogP contribution in [0.3, 0.4) is 0 Å². The summed E-state index contributed by atoms with van der Waals surface area (Å²) in [5.41, 5.74) is 1.00. The van der Waals surface area contributed by atoms with Gasteiger partial charge in [-0.15, -0.1) is 0 Å². The molecule has 24 heavy (non-hydrogen) atoms. The summed E-state index contributed by atoms with van der Waals surface area (Å²) in [7, 11) is 0. The van der Waals surface area contributed by atoms with Crippen LogP contribution in [0.4, 0.5) is 9.18 Å². The molecule has 0 spiro atoms. The molecule has 2 amide bonds. The third kappa shape index (κ3) is 3.44. The van der Waals surface area contributed by atoms with Crippen molar-refractivity contribution in [2.24, 2.45) is 0 Å². The Morgan fingerprint density at radius 2 is 1.88 bits per heavy atom. The van der Waals surface area contributed by atoms with E-state index in [9.17, 15) is 19.1 Å². The van der Waals surface area contributed by atoms with Crippen LogP contribution in [0.25, 0.3) is 6.08 Å². The number of amides is 2. The van der Waals surface area contributed by atoms with Gasteiger partial charge in [-0.2, -0.15) is 0 Å². The van der Waals surface area contributed by atoms with Crippen LogP contribution in [0.15, 0.2) is 47.4 Å². The number of hydrogen-bond acceptors (Lipinski definition) is 4. The van der Waals surface area contributed by atoms with Gasteiger partial charge in [-0.1, -0.05) is 23.7 Å². The number of benzene rings is 2. The Kier molecular flexibility index (Phi) is 4.59. The average Bonchev–Trinajstić information content (AvgIpc) is 2.80. The number of aromatic hydroxyl groups is 1. The minimum Gasteiger partial charge on any atom is -0.507 e. The third-order valence-electron chi connectivity index (χ3n) is 3.40. The second-order valence-electron chi connectivity index (χ2n) is 5.10. The fourth-order valence-electron chi connectivity index (χ4n) is 2.19. The van der Waals surface area contributed by atoms with E-state index in [0.29, 0.717) is 16.1 Å². The maximum absolute atomic E-state index is 12.9. The lowest BCUT2D eigenvalue weighted by atomic mass is 10.1. The largest absolute Gasteiger partial charge is 0.507 e. The number of thioether (sulfide) groups is 1. The fraction of sp³-hybridized carbons (Fsp3) is 0.0588. The van der Waals surface area contributed by atoms with Crippen LogP contribution in [0.1, 0.15) is 11.1 Å². The first-order valence-corrected chi connectivity index (χ1v) is 8.12. The van der Waals surface area contributed by atoms with E-state index in [-0.39, 0.29) is 23.0 Å². The summed E-state index contributed by atoms with van der Waals surface area (Å²) in [5.74, 6) is -0.886. The highest BCUT2D eigenvalue weighted by atomic mass is 35.5. The van der Waals surface area contributed by atoms with Crippen molar-refractivity contribution in [1.82, 2.24) is 4.90 Å². The number of rotatable bonds is 3. The van der Waals surface area contributed by atoms with Crippen molar-refractivity contribution in [3.05, 3.63) is 69.3 Å². The zero-order valence-electron chi connectivity index (χ0n) is 12.2. The first-order valence-electron chi connectivity index (χ1n) is 6.92. The Balaban J connectivity index is 1.84. The predicted octanol–water partition coefficient (Wildman–Crippen LogP) is 4.42. The smallest absolute Gasteiger partial charge is 0.293 e. The number of carbonyl (C=O) groups is 2. The summed E-state index contributed by atoms with van der Waals surface area (Å²) < 4.78 is 12.9. The van der Waals surface area contributed by atoms with Crippen LogP contribution in [-0.2, 0) is 11.3 Å². The molecule has 1 aliphatic rings. The van der Waals surface area contributed by atoms with E-state index < -0.39 is 11.1 Å². The number of phenols is 1. The van der Waals surface area contributed by atoms with E-state index in [2.05, 4.69) is 0 Å². The summed E-state index contributed by atoms with van der Waals surface area (Å²) >= 11 is 6.66. The Morgan fingerprint density at radius 1 is 1.17 bits per heavy atom. The van der Waals surface area contributed by atoms with Crippen molar-refractivity contribution < 1.29 is 19.1 Å². The van der Waals surface area contributed by atoms with Gasteiger partial charge in [0.25, 0.3) is 11.1 Å². The molecule has 4 nitrogen and oxygen atoms in total. The Bertz CT molecular complexity index is 851. The van der Waals surface area contributed by atoms with Gasteiger partial charge in [0.05, 0.1) is 11.4 Å². The zero-order chi connectivity index (χ0) is 17.3. The van der Waals surface area contributed by atoms with Gasteiger partial charge in [-0.05, 0) is 53.7 Å². The van der Waals surface area contributed by atoms with Gasteiger partial charge >= 0.3 is 0 Å². The predicted molar refractivity (Wildman–Crippen MR) is 91.0 cm³/mol. The summed E-state index contributed by atoms with van der Waals surface area (Å²) in [6.45, 7) is 0.0593. The second kappa shape index (κ2) is 6.67. The minimum atomic E-state index is -0.464. The van der Waals surface area contributed by atoms with Gasteiger partial charge in [-0.25, -0.2) is 4.39 Å². The van der Waals surface area contributed by atoms with Crippen molar-refractivity contribution in [1.29, 1.82) is 0 Å². The Morgan fingerprint density at radius 3 is 2.58 bits per heavy atom. The van der Waals surface area contributed by atoms with Gasteiger partial charge in [0.1, 0.15) is 11.6 Å². The van der Waals surface area contributed by atoms with Gasteiger partial charge in [0.2, 0.25) is 0 Å². The maximum atomic E-state index is 12.9. The third-order valence-corrected chi connectivity index (χ3v) is 4.55. The molecule has 0 saturated carbocycles. The highest BCUT2D eigenvalue weighted by Gasteiger charge is 2.35.